The molecule has 0 atom stereocenters. The van der Waals surface area contributed by atoms with Gasteiger partial charge in [-0.2, -0.15) is 0 Å². The molecule has 4 heteroatoms. The van der Waals surface area contributed by atoms with E-state index in [2.05, 4.69) is 5.32 Å². The van der Waals surface area contributed by atoms with E-state index in [-0.39, 0.29) is 17.0 Å². The molecule has 0 aliphatic rings. The van der Waals surface area contributed by atoms with Gasteiger partial charge >= 0.3 is 0 Å². The number of hydrogen-bond donors (Lipinski definition) is 1. The predicted molar refractivity (Wildman–Crippen MR) is 64.4 cm³/mol. The highest BCUT2D eigenvalue weighted by Crippen LogP contribution is 2.25. The highest BCUT2D eigenvalue weighted by Gasteiger charge is 2.16. The second-order valence-corrected chi connectivity index (χ2v) is 4.89. The Hall–Kier alpha value is -1.09. The number of alkyl halides is 1. The van der Waals surface area contributed by atoms with Gasteiger partial charge in [-0.1, -0.05) is 26.8 Å². The fourth-order valence-corrected chi connectivity index (χ4v) is 1.33. The van der Waals surface area contributed by atoms with Crippen molar-refractivity contribution < 1.29 is 9.18 Å². The number of amides is 1. The van der Waals surface area contributed by atoms with Crippen molar-refractivity contribution in [2.75, 3.05) is 11.2 Å². The molecule has 16 heavy (non-hydrogen) atoms. The lowest BCUT2D eigenvalue weighted by Crippen LogP contribution is -2.15. The molecule has 2 nitrogen and oxygen atoms in total. The van der Waals surface area contributed by atoms with E-state index < -0.39 is 11.7 Å². The first-order chi connectivity index (χ1) is 7.34. The van der Waals surface area contributed by atoms with Gasteiger partial charge in [-0.3, -0.25) is 4.79 Å². The Balaban J connectivity index is 2.96. The average molecular weight is 244 g/mol. The van der Waals surface area contributed by atoms with E-state index in [9.17, 15) is 9.18 Å². The van der Waals surface area contributed by atoms with Gasteiger partial charge in [-0.05, 0) is 23.1 Å². The summed E-state index contributed by atoms with van der Waals surface area (Å²) in [6.07, 6.45) is 0. The maximum absolute atomic E-state index is 13.6. The largest absolute Gasteiger partial charge is 0.323 e. The minimum absolute atomic E-state index is 0.115. The number of halogens is 2. The lowest BCUT2D eigenvalue weighted by molar-refractivity contribution is -0.113. The molecule has 0 spiro atoms. The summed E-state index contributed by atoms with van der Waals surface area (Å²) in [4.78, 5) is 11.0. The van der Waals surface area contributed by atoms with Crippen LogP contribution in [0.5, 0.6) is 0 Å². The van der Waals surface area contributed by atoms with Gasteiger partial charge in [0, 0.05) is 0 Å². The van der Waals surface area contributed by atoms with E-state index >= 15 is 0 Å². The number of anilines is 1. The van der Waals surface area contributed by atoms with Crippen LogP contribution in [0.2, 0.25) is 0 Å². The average Bonchev–Trinajstić information content (AvgIpc) is 2.19. The van der Waals surface area contributed by atoms with E-state index in [0.717, 1.165) is 5.56 Å². The summed E-state index contributed by atoms with van der Waals surface area (Å²) in [7, 11) is 0. The van der Waals surface area contributed by atoms with Crippen molar-refractivity contribution in [2.45, 2.75) is 26.2 Å². The number of carbonyl (C=O) groups is 1. The van der Waals surface area contributed by atoms with Crippen LogP contribution in [0.4, 0.5) is 10.1 Å². The summed E-state index contributed by atoms with van der Waals surface area (Å²) >= 11 is 5.32. The fraction of sp³-hybridized carbons (Fsp3) is 0.417. The van der Waals surface area contributed by atoms with E-state index in [1.807, 2.05) is 20.8 Å². The molecule has 1 amide bonds. The molecule has 0 heterocycles. The van der Waals surface area contributed by atoms with Crippen LogP contribution < -0.4 is 5.32 Å². The van der Waals surface area contributed by atoms with E-state index in [1.54, 1.807) is 12.1 Å². The van der Waals surface area contributed by atoms with Crippen molar-refractivity contribution in [3.63, 3.8) is 0 Å². The van der Waals surface area contributed by atoms with Crippen molar-refractivity contribution in [1.82, 2.24) is 0 Å². The first-order valence-electron chi connectivity index (χ1n) is 5.00. The third-order valence-corrected chi connectivity index (χ3v) is 2.47. The minimum Gasteiger partial charge on any atom is -0.323 e. The molecule has 88 valence electrons. The summed E-state index contributed by atoms with van der Waals surface area (Å²) in [5, 5.41) is 2.39. The van der Waals surface area contributed by atoms with Gasteiger partial charge in [0.15, 0.2) is 0 Å². The van der Waals surface area contributed by atoms with E-state index in [4.69, 9.17) is 11.6 Å². The monoisotopic (exact) mass is 243 g/mol. The Kier molecular flexibility index (Phi) is 3.92. The van der Waals surface area contributed by atoms with Crippen LogP contribution in [0.1, 0.15) is 26.3 Å². The molecular weight excluding hydrogens is 229 g/mol. The van der Waals surface area contributed by atoms with Crippen LogP contribution >= 0.6 is 11.6 Å². The third-order valence-electron chi connectivity index (χ3n) is 2.23. The normalized spacial score (nSPS) is 11.3. The topological polar surface area (TPSA) is 29.1 Å². The third kappa shape index (κ3) is 3.20. The highest BCUT2D eigenvalue weighted by molar-refractivity contribution is 6.29. The summed E-state index contributed by atoms with van der Waals surface area (Å²) in [5.41, 5.74) is 0.933. The zero-order valence-corrected chi connectivity index (χ0v) is 10.4. The first kappa shape index (κ1) is 13.0. The highest BCUT2D eigenvalue weighted by atomic mass is 35.5. The fourth-order valence-electron chi connectivity index (χ4n) is 1.27. The molecule has 0 fully saturated rings. The molecule has 1 rings (SSSR count). The number of carbonyl (C=O) groups excluding carboxylic acids is 1. The minimum atomic E-state index is -0.439. The zero-order valence-electron chi connectivity index (χ0n) is 9.60. The lowest BCUT2D eigenvalue weighted by Gasteiger charge is -2.19. The number of nitrogens with one attached hydrogen (secondary N) is 1. The molecule has 0 aromatic heterocycles. The van der Waals surface area contributed by atoms with Gasteiger partial charge in [-0.25, -0.2) is 4.39 Å². The molecular formula is C12H15ClFNO. The molecule has 0 aliphatic heterocycles. The summed E-state index contributed by atoms with van der Waals surface area (Å²) in [6, 6.07) is 4.79. The van der Waals surface area contributed by atoms with E-state index in [0.29, 0.717) is 0 Å². The lowest BCUT2D eigenvalue weighted by atomic mass is 9.87. The molecule has 1 aromatic rings. The van der Waals surface area contributed by atoms with Crippen molar-refractivity contribution >= 4 is 23.2 Å². The number of hydrogen-bond acceptors (Lipinski definition) is 1. The van der Waals surface area contributed by atoms with Gasteiger partial charge < -0.3 is 5.32 Å². The second kappa shape index (κ2) is 4.83. The molecule has 1 aromatic carbocycles. The number of benzene rings is 1. The molecule has 1 N–H and O–H groups in total. The predicted octanol–water partition coefficient (Wildman–Crippen LogP) is 3.30. The summed E-state index contributed by atoms with van der Waals surface area (Å²) in [6.45, 7) is 6.00. The van der Waals surface area contributed by atoms with Crippen LogP contribution in [0.25, 0.3) is 0 Å². The summed E-state index contributed by atoms with van der Waals surface area (Å²) in [5.74, 6) is -1.03. The van der Waals surface area contributed by atoms with Crippen LogP contribution in [-0.4, -0.2) is 11.8 Å². The van der Waals surface area contributed by atoms with Crippen LogP contribution in [0.3, 0.4) is 0 Å². The van der Waals surface area contributed by atoms with Gasteiger partial charge in [0.1, 0.15) is 11.7 Å². The molecule has 0 bridgehead atoms. The molecule has 0 saturated carbocycles. The summed E-state index contributed by atoms with van der Waals surface area (Å²) < 4.78 is 13.6. The Bertz CT molecular complexity index is 398. The Labute approximate surface area is 99.8 Å². The van der Waals surface area contributed by atoms with E-state index in [1.165, 1.54) is 6.07 Å². The Morgan fingerprint density at radius 3 is 2.50 bits per heavy atom. The van der Waals surface area contributed by atoms with Gasteiger partial charge in [0.25, 0.3) is 0 Å². The van der Waals surface area contributed by atoms with Crippen molar-refractivity contribution in [3.05, 3.63) is 29.6 Å². The van der Waals surface area contributed by atoms with Crippen LogP contribution in [-0.2, 0) is 10.2 Å². The first-order valence-corrected chi connectivity index (χ1v) is 5.54. The maximum atomic E-state index is 13.6. The Morgan fingerprint density at radius 1 is 1.44 bits per heavy atom. The molecule has 0 saturated heterocycles. The quantitative estimate of drug-likeness (QED) is 0.794. The standard InChI is InChI=1S/C12H15ClFNO/c1-12(2,3)8-4-5-10(9(14)6-8)15-11(16)7-13/h4-6H,7H2,1-3H3,(H,15,16). The molecule has 0 radical (unpaired) electrons. The van der Waals surface area contributed by atoms with Crippen molar-refractivity contribution in [2.24, 2.45) is 0 Å². The zero-order chi connectivity index (χ0) is 12.3. The Morgan fingerprint density at radius 2 is 2.06 bits per heavy atom. The van der Waals surface area contributed by atoms with Gasteiger partial charge in [-0.15, -0.1) is 11.6 Å². The van der Waals surface area contributed by atoms with Crippen molar-refractivity contribution in [1.29, 1.82) is 0 Å². The molecule has 0 unspecified atom stereocenters. The molecule has 0 aliphatic carbocycles. The number of rotatable bonds is 2. The van der Waals surface area contributed by atoms with Crippen LogP contribution in [0, 0.1) is 5.82 Å². The maximum Gasteiger partial charge on any atom is 0.239 e. The smallest absolute Gasteiger partial charge is 0.239 e. The van der Waals surface area contributed by atoms with Crippen LogP contribution in [0.15, 0.2) is 18.2 Å². The SMILES string of the molecule is CC(C)(C)c1ccc(NC(=O)CCl)c(F)c1. The van der Waals surface area contributed by atoms with Gasteiger partial charge in [0.05, 0.1) is 5.69 Å². The van der Waals surface area contributed by atoms with Gasteiger partial charge in [0.2, 0.25) is 5.91 Å². The second-order valence-electron chi connectivity index (χ2n) is 4.63. The van der Waals surface area contributed by atoms with Crippen molar-refractivity contribution in [3.8, 4) is 0 Å².